The van der Waals surface area contributed by atoms with Gasteiger partial charge in [0.05, 0.1) is 19.9 Å². The Morgan fingerprint density at radius 2 is 2.05 bits per heavy atom. The number of carbonyl (C=O) groups is 1. The first-order valence-corrected chi connectivity index (χ1v) is 6.55. The van der Waals surface area contributed by atoms with Crippen LogP contribution in [0.25, 0.3) is 0 Å². The molecule has 112 valence electrons. The van der Waals surface area contributed by atoms with Crippen LogP contribution in [-0.4, -0.2) is 47.0 Å². The van der Waals surface area contributed by atoms with E-state index in [1.807, 2.05) is 24.3 Å². The van der Waals surface area contributed by atoms with E-state index in [4.69, 9.17) is 4.74 Å². The summed E-state index contributed by atoms with van der Waals surface area (Å²) >= 11 is 0. The molecule has 0 aliphatic heterocycles. The highest BCUT2D eigenvalue weighted by Gasteiger charge is 2.23. The zero-order chi connectivity index (χ0) is 15.4. The summed E-state index contributed by atoms with van der Waals surface area (Å²) < 4.78 is 6.85. The van der Waals surface area contributed by atoms with Crippen molar-refractivity contribution < 1.29 is 14.6 Å². The molecule has 21 heavy (non-hydrogen) atoms. The lowest BCUT2D eigenvalue weighted by molar-refractivity contribution is -0.142. The van der Waals surface area contributed by atoms with Gasteiger partial charge in [-0.1, -0.05) is 12.1 Å². The van der Waals surface area contributed by atoms with Crippen molar-refractivity contribution in [1.82, 2.24) is 14.7 Å². The molecule has 0 saturated carbocycles. The van der Waals surface area contributed by atoms with Gasteiger partial charge >= 0.3 is 5.97 Å². The molecule has 1 atom stereocenters. The van der Waals surface area contributed by atoms with E-state index < -0.39 is 12.0 Å². The Morgan fingerprint density at radius 1 is 1.38 bits per heavy atom. The highest BCUT2D eigenvalue weighted by Crippen LogP contribution is 2.18. The van der Waals surface area contributed by atoms with Crippen LogP contribution in [0.5, 0.6) is 5.75 Å². The molecular formula is C15H19N3O3. The molecule has 0 fully saturated rings. The van der Waals surface area contributed by atoms with Gasteiger partial charge in [-0.15, -0.1) is 0 Å². The van der Waals surface area contributed by atoms with Crippen LogP contribution < -0.4 is 4.74 Å². The lowest BCUT2D eigenvalue weighted by atomic mass is 10.1. The molecule has 1 heterocycles. The molecule has 1 aromatic carbocycles. The zero-order valence-corrected chi connectivity index (χ0v) is 12.4. The second kappa shape index (κ2) is 6.41. The Hall–Kier alpha value is -2.34. The summed E-state index contributed by atoms with van der Waals surface area (Å²) in [5.74, 6) is -0.0811. The van der Waals surface area contributed by atoms with E-state index in [0.717, 1.165) is 11.3 Å². The van der Waals surface area contributed by atoms with Crippen molar-refractivity contribution in [3.8, 4) is 5.75 Å². The third-order valence-electron chi connectivity index (χ3n) is 3.22. The van der Waals surface area contributed by atoms with Crippen LogP contribution in [0, 0.1) is 0 Å². The normalized spacial score (nSPS) is 12.4. The van der Waals surface area contributed by atoms with Crippen LogP contribution in [0.4, 0.5) is 0 Å². The lowest BCUT2D eigenvalue weighted by Crippen LogP contribution is -2.27. The average molecular weight is 289 g/mol. The smallest absolute Gasteiger partial charge is 0.325 e. The van der Waals surface area contributed by atoms with Crippen molar-refractivity contribution in [1.29, 1.82) is 0 Å². The molecule has 0 saturated heterocycles. The van der Waals surface area contributed by atoms with Crippen LogP contribution in [0.15, 0.2) is 36.7 Å². The fourth-order valence-corrected chi connectivity index (χ4v) is 2.19. The van der Waals surface area contributed by atoms with Gasteiger partial charge in [0, 0.05) is 11.8 Å². The first kappa shape index (κ1) is 15.1. The zero-order valence-electron chi connectivity index (χ0n) is 12.4. The summed E-state index contributed by atoms with van der Waals surface area (Å²) in [4.78, 5) is 12.9. The molecule has 0 radical (unpaired) electrons. The second-order valence-electron chi connectivity index (χ2n) is 5.02. The Balaban J connectivity index is 2.13. The molecule has 6 heteroatoms. The fraction of sp³-hybridized carbons (Fsp3) is 0.333. The number of hydrogen-bond donors (Lipinski definition) is 1. The molecule has 2 rings (SSSR count). The molecule has 0 aliphatic carbocycles. The monoisotopic (exact) mass is 289 g/mol. The standard InChI is InChI=1S/C15H19N3O3/c1-17(2)14(15(19)20)12-8-16-18(10-12)9-11-4-6-13(21-3)7-5-11/h4-8,10,14H,9H2,1-3H3,(H,19,20). The van der Waals surface area contributed by atoms with Gasteiger partial charge in [0.2, 0.25) is 0 Å². The number of carboxylic acid groups (broad SMARTS) is 1. The number of rotatable bonds is 6. The van der Waals surface area contributed by atoms with E-state index in [1.54, 1.807) is 43.2 Å². The summed E-state index contributed by atoms with van der Waals surface area (Å²) in [5, 5.41) is 13.5. The van der Waals surface area contributed by atoms with Gasteiger partial charge < -0.3 is 9.84 Å². The Labute approximate surface area is 123 Å². The van der Waals surface area contributed by atoms with E-state index in [1.165, 1.54) is 0 Å². The maximum absolute atomic E-state index is 11.3. The maximum Gasteiger partial charge on any atom is 0.325 e. The third-order valence-corrected chi connectivity index (χ3v) is 3.22. The lowest BCUT2D eigenvalue weighted by Gasteiger charge is -2.18. The van der Waals surface area contributed by atoms with Crippen LogP contribution in [-0.2, 0) is 11.3 Å². The van der Waals surface area contributed by atoms with Gasteiger partial charge in [-0.3, -0.25) is 14.4 Å². The van der Waals surface area contributed by atoms with Crippen molar-refractivity contribution in [3.05, 3.63) is 47.8 Å². The van der Waals surface area contributed by atoms with Crippen molar-refractivity contribution >= 4 is 5.97 Å². The third kappa shape index (κ3) is 3.61. The first-order chi connectivity index (χ1) is 10.0. The molecule has 0 spiro atoms. The second-order valence-corrected chi connectivity index (χ2v) is 5.02. The Kier molecular flexibility index (Phi) is 4.59. The number of benzene rings is 1. The van der Waals surface area contributed by atoms with E-state index in [0.29, 0.717) is 12.1 Å². The molecule has 1 unspecified atom stereocenters. The van der Waals surface area contributed by atoms with Crippen LogP contribution in [0.3, 0.4) is 0 Å². The number of nitrogens with zero attached hydrogens (tertiary/aromatic N) is 3. The summed E-state index contributed by atoms with van der Waals surface area (Å²) in [6, 6.07) is 7.01. The van der Waals surface area contributed by atoms with Crippen molar-refractivity contribution in [2.75, 3.05) is 21.2 Å². The van der Waals surface area contributed by atoms with E-state index >= 15 is 0 Å². The van der Waals surface area contributed by atoms with Crippen LogP contribution in [0.2, 0.25) is 0 Å². The number of hydrogen-bond acceptors (Lipinski definition) is 4. The minimum atomic E-state index is -0.885. The predicted molar refractivity (Wildman–Crippen MR) is 78.4 cm³/mol. The van der Waals surface area contributed by atoms with Gasteiger partial charge in [-0.25, -0.2) is 0 Å². The molecule has 2 aromatic rings. The maximum atomic E-state index is 11.3. The summed E-state index contributed by atoms with van der Waals surface area (Å²) in [7, 11) is 5.10. The summed E-state index contributed by atoms with van der Waals surface area (Å²) in [5.41, 5.74) is 1.74. The number of carboxylic acids is 1. The number of aliphatic carboxylic acids is 1. The molecule has 0 aliphatic rings. The van der Waals surface area contributed by atoms with Crippen molar-refractivity contribution in [3.63, 3.8) is 0 Å². The quantitative estimate of drug-likeness (QED) is 0.875. The van der Waals surface area contributed by atoms with E-state index in [-0.39, 0.29) is 0 Å². The van der Waals surface area contributed by atoms with Gasteiger partial charge in [-0.2, -0.15) is 5.10 Å². The Morgan fingerprint density at radius 3 is 2.57 bits per heavy atom. The van der Waals surface area contributed by atoms with Gasteiger partial charge in [0.1, 0.15) is 11.8 Å². The average Bonchev–Trinajstić information content (AvgIpc) is 2.87. The SMILES string of the molecule is COc1ccc(Cn2cc(C(C(=O)O)N(C)C)cn2)cc1. The fourth-order valence-electron chi connectivity index (χ4n) is 2.19. The van der Waals surface area contributed by atoms with Crippen LogP contribution >= 0.6 is 0 Å². The Bertz CT molecular complexity index is 605. The highest BCUT2D eigenvalue weighted by molar-refractivity contribution is 5.75. The van der Waals surface area contributed by atoms with E-state index in [2.05, 4.69) is 5.10 Å². The van der Waals surface area contributed by atoms with Crippen LogP contribution in [0.1, 0.15) is 17.2 Å². The molecule has 1 aromatic heterocycles. The number of aromatic nitrogens is 2. The van der Waals surface area contributed by atoms with E-state index in [9.17, 15) is 9.90 Å². The first-order valence-electron chi connectivity index (χ1n) is 6.55. The molecule has 0 bridgehead atoms. The highest BCUT2D eigenvalue weighted by atomic mass is 16.5. The van der Waals surface area contributed by atoms with Gasteiger partial charge in [0.25, 0.3) is 0 Å². The van der Waals surface area contributed by atoms with Gasteiger partial charge in [0.15, 0.2) is 0 Å². The topological polar surface area (TPSA) is 67.6 Å². The number of likely N-dealkylation sites (N-methyl/N-ethyl adjacent to an activating group) is 1. The molecular weight excluding hydrogens is 270 g/mol. The molecule has 0 amide bonds. The summed E-state index contributed by atoms with van der Waals surface area (Å²) in [6.45, 7) is 0.587. The number of ether oxygens (including phenoxy) is 1. The van der Waals surface area contributed by atoms with Crippen molar-refractivity contribution in [2.45, 2.75) is 12.6 Å². The molecule has 1 N–H and O–H groups in total. The number of methoxy groups -OCH3 is 1. The predicted octanol–water partition coefficient (Wildman–Crippen LogP) is 1.63. The minimum Gasteiger partial charge on any atom is -0.497 e. The summed E-state index contributed by atoms with van der Waals surface area (Å²) in [6.07, 6.45) is 3.37. The minimum absolute atomic E-state index is 0.587. The van der Waals surface area contributed by atoms with Crippen molar-refractivity contribution in [2.24, 2.45) is 0 Å². The van der Waals surface area contributed by atoms with Gasteiger partial charge in [-0.05, 0) is 31.8 Å². The largest absolute Gasteiger partial charge is 0.497 e. The molecule has 6 nitrogen and oxygen atoms in total.